The first-order chi connectivity index (χ1) is 13.5. The molecule has 0 aromatic heterocycles. The highest BCUT2D eigenvalue weighted by Crippen LogP contribution is 2.33. The zero-order chi connectivity index (χ0) is 19.7. The predicted molar refractivity (Wildman–Crippen MR) is 107 cm³/mol. The average molecular weight is 408 g/mol. The van der Waals surface area contributed by atoms with Crippen LogP contribution >= 0.6 is 0 Å². The van der Waals surface area contributed by atoms with Crippen LogP contribution in [0.25, 0.3) is 0 Å². The molecule has 1 amide bonds. The Morgan fingerprint density at radius 1 is 1.14 bits per heavy atom. The Hall–Kier alpha value is -1.64. The van der Waals surface area contributed by atoms with Gasteiger partial charge in [0.25, 0.3) is 5.91 Å². The van der Waals surface area contributed by atoms with Gasteiger partial charge in [-0.1, -0.05) is 0 Å². The second kappa shape index (κ2) is 8.00. The maximum atomic E-state index is 13.1. The second-order valence-corrected chi connectivity index (χ2v) is 9.93. The van der Waals surface area contributed by atoms with E-state index in [2.05, 4.69) is 10.2 Å². The summed E-state index contributed by atoms with van der Waals surface area (Å²) in [4.78, 5) is 15.4. The molecule has 2 heterocycles. The van der Waals surface area contributed by atoms with Gasteiger partial charge in [-0.3, -0.25) is 4.79 Å². The molecule has 1 aromatic carbocycles. The van der Waals surface area contributed by atoms with Crippen molar-refractivity contribution in [2.45, 2.75) is 43.5 Å². The standard InChI is InChI=1S/C20H29N3O4S/c1-15(16-4-5-16)21-20(24)18-14-17(6-7-19(18)22-8-2-3-9-22)28(25,26)23-10-12-27-13-11-23/h6-7,14-16H,2-5,8-13H2,1H3,(H,21,24)/t15-/m1/s1. The van der Waals surface area contributed by atoms with Crippen LogP contribution in [-0.4, -0.2) is 64.1 Å². The third-order valence-corrected chi connectivity index (χ3v) is 7.85. The molecular weight excluding hydrogens is 378 g/mol. The quantitative estimate of drug-likeness (QED) is 0.778. The zero-order valence-corrected chi connectivity index (χ0v) is 17.2. The van der Waals surface area contributed by atoms with Crippen LogP contribution < -0.4 is 10.2 Å². The minimum absolute atomic E-state index is 0.110. The Bertz CT molecular complexity index is 826. The van der Waals surface area contributed by atoms with Crippen molar-refractivity contribution >= 4 is 21.6 Å². The molecule has 3 aliphatic rings. The number of carbonyl (C=O) groups excluding carboxylic acids is 1. The average Bonchev–Trinajstić information content (AvgIpc) is 3.43. The fourth-order valence-corrected chi connectivity index (χ4v) is 5.46. The number of sulfonamides is 1. The van der Waals surface area contributed by atoms with Gasteiger partial charge in [-0.15, -0.1) is 0 Å². The number of hydrogen-bond donors (Lipinski definition) is 1. The van der Waals surface area contributed by atoms with Crippen LogP contribution in [0.15, 0.2) is 23.1 Å². The van der Waals surface area contributed by atoms with E-state index in [0.717, 1.165) is 44.5 Å². The van der Waals surface area contributed by atoms with E-state index < -0.39 is 10.0 Å². The molecule has 1 aromatic rings. The first-order valence-corrected chi connectivity index (χ1v) is 11.7. The first kappa shape index (κ1) is 19.7. The van der Waals surface area contributed by atoms with Crippen LogP contribution in [0, 0.1) is 5.92 Å². The van der Waals surface area contributed by atoms with E-state index in [0.29, 0.717) is 37.8 Å². The number of benzene rings is 1. The molecule has 2 saturated heterocycles. The highest BCUT2D eigenvalue weighted by atomic mass is 32.2. The Kier molecular flexibility index (Phi) is 5.62. The van der Waals surface area contributed by atoms with Crippen LogP contribution in [0.5, 0.6) is 0 Å². The van der Waals surface area contributed by atoms with Crippen molar-refractivity contribution in [1.82, 2.24) is 9.62 Å². The topological polar surface area (TPSA) is 79.0 Å². The highest BCUT2D eigenvalue weighted by molar-refractivity contribution is 7.89. The SMILES string of the molecule is C[C@@H](NC(=O)c1cc(S(=O)(=O)N2CCOCC2)ccc1N1CCCC1)C1CC1. The lowest BCUT2D eigenvalue weighted by atomic mass is 10.1. The van der Waals surface area contributed by atoms with Gasteiger partial charge in [-0.25, -0.2) is 8.42 Å². The summed E-state index contributed by atoms with van der Waals surface area (Å²) >= 11 is 0. The van der Waals surface area contributed by atoms with Gasteiger partial charge in [0.2, 0.25) is 10.0 Å². The van der Waals surface area contributed by atoms with Gasteiger partial charge in [0.05, 0.1) is 23.7 Å². The van der Waals surface area contributed by atoms with Gasteiger partial charge >= 0.3 is 0 Å². The van der Waals surface area contributed by atoms with E-state index in [1.54, 1.807) is 18.2 Å². The summed E-state index contributed by atoms with van der Waals surface area (Å²) in [6.07, 6.45) is 4.47. The number of carbonyl (C=O) groups is 1. The fraction of sp³-hybridized carbons (Fsp3) is 0.650. The Labute approximate surface area is 167 Å². The molecule has 0 bridgehead atoms. The largest absolute Gasteiger partial charge is 0.379 e. The van der Waals surface area contributed by atoms with E-state index in [4.69, 9.17) is 4.74 Å². The summed E-state index contributed by atoms with van der Waals surface area (Å²) in [7, 11) is -3.64. The van der Waals surface area contributed by atoms with Crippen LogP contribution in [-0.2, 0) is 14.8 Å². The predicted octanol–water partition coefficient (Wildman–Crippen LogP) is 1.84. The summed E-state index contributed by atoms with van der Waals surface area (Å²) in [6, 6.07) is 5.11. The smallest absolute Gasteiger partial charge is 0.253 e. The first-order valence-electron chi connectivity index (χ1n) is 10.2. The van der Waals surface area contributed by atoms with Gasteiger partial charge in [0.1, 0.15) is 0 Å². The van der Waals surface area contributed by atoms with Crippen molar-refractivity contribution in [3.8, 4) is 0 Å². The Morgan fingerprint density at radius 2 is 1.82 bits per heavy atom. The molecular formula is C20H29N3O4S. The number of anilines is 1. The molecule has 1 N–H and O–H groups in total. The molecule has 4 rings (SSSR count). The number of amides is 1. The second-order valence-electron chi connectivity index (χ2n) is 7.99. The van der Waals surface area contributed by atoms with Gasteiger partial charge in [-0.05, 0) is 56.7 Å². The van der Waals surface area contributed by atoms with Gasteiger partial charge in [0, 0.05) is 37.9 Å². The van der Waals surface area contributed by atoms with Crippen molar-refractivity contribution in [3.05, 3.63) is 23.8 Å². The van der Waals surface area contributed by atoms with Gasteiger partial charge in [0.15, 0.2) is 0 Å². The van der Waals surface area contributed by atoms with E-state index in [9.17, 15) is 13.2 Å². The zero-order valence-electron chi connectivity index (χ0n) is 16.4. The molecule has 8 heteroatoms. The summed E-state index contributed by atoms with van der Waals surface area (Å²) in [5.41, 5.74) is 1.29. The maximum absolute atomic E-state index is 13.1. The van der Waals surface area contributed by atoms with Crippen molar-refractivity contribution in [3.63, 3.8) is 0 Å². The Balaban J connectivity index is 1.65. The minimum atomic E-state index is -3.64. The van der Waals surface area contributed by atoms with Crippen LogP contribution in [0.1, 0.15) is 43.0 Å². The molecule has 2 aliphatic heterocycles. The van der Waals surface area contributed by atoms with E-state index >= 15 is 0 Å². The van der Waals surface area contributed by atoms with Crippen molar-refractivity contribution < 1.29 is 17.9 Å². The number of nitrogens with zero attached hydrogens (tertiary/aromatic N) is 2. The molecule has 1 aliphatic carbocycles. The molecule has 0 unspecified atom stereocenters. The summed E-state index contributed by atoms with van der Waals surface area (Å²) < 4.78 is 32.8. The third kappa shape index (κ3) is 4.04. The number of rotatable bonds is 6. The van der Waals surface area contributed by atoms with Gasteiger partial charge < -0.3 is 15.0 Å². The fourth-order valence-electron chi connectivity index (χ4n) is 4.03. The van der Waals surface area contributed by atoms with Crippen LogP contribution in [0.4, 0.5) is 5.69 Å². The van der Waals surface area contributed by atoms with Crippen molar-refractivity contribution in [1.29, 1.82) is 0 Å². The molecule has 0 radical (unpaired) electrons. The van der Waals surface area contributed by atoms with Crippen LogP contribution in [0.2, 0.25) is 0 Å². The van der Waals surface area contributed by atoms with Gasteiger partial charge in [-0.2, -0.15) is 4.31 Å². The number of nitrogens with one attached hydrogen (secondary N) is 1. The van der Waals surface area contributed by atoms with Crippen molar-refractivity contribution in [2.75, 3.05) is 44.3 Å². The lowest BCUT2D eigenvalue weighted by molar-refractivity contribution is 0.0730. The maximum Gasteiger partial charge on any atom is 0.253 e. The highest BCUT2D eigenvalue weighted by Gasteiger charge is 2.32. The van der Waals surface area contributed by atoms with E-state index in [-0.39, 0.29) is 16.8 Å². The number of hydrogen-bond acceptors (Lipinski definition) is 5. The summed E-state index contributed by atoms with van der Waals surface area (Å²) in [5, 5.41) is 3.09. The van der Waals surface area contributed by atoms with Crippen LogP contribution in [0.3, 0.4) is 0 Å². The lowest BCUT2D eigenvalue weighted by Gasteiger charge is -2.27. The molecule has 154 valence electrons. The molecule has 3 fully saturated rings. The normalized spacial score (nSPS) is 22.2. The molecule has 1 atom stereocenters. The monoisotopic (exact) mass is 407 g/mol. The van der Waals surface area contributed by atoms with E-state index in [1.807, 2.05) is 6.92 Å². The lowest BCUT2D eigenvalue weighted by Crippen LogP contribution is -2.41. The molecule has 7 nitrogen and oxygen atoms in total. The summed E-state index contributed by atoms with van der Waals surface area (Å²) in [6.45, 7) is 5.31. The minimum Gasteiger partial charge on any atom is -0.379 e. The number of ether oxygens (including phenoxy) is 1. The molecule has 0 spiro atoms. The van der Waals surface area contributed by atoms with E-state index in [1.165, 1.54) is 4.31 Å². The Morgan fingerprint density at radius 3 is 2.46 bits per heavy atom. The molecule has 28 heavy (non-hydrogen) atoms. The molecule has 1 saturated carbocycles. The summed E-state index contributed by atoms with van der Waals surface area (Å²) in [5.74, 6) is 0.361. The van der Waals surface area contributed by atoms with Crippen molar-refractivity contribution in [2.24, 2.45) is 5.92 Å². The third-order valence-electron chi connectivity index (χ3n) is 5.96. The number of morpholine rings is 1.